The Balaban J connectivity index is 0. The number of hydrogen-bond donors (Lipinski definition) is 1. The average molecular weight is 202 g/mol. The van der Waals surface area contributed by atoms with Crippen LogP contribution in [-0.4, -0.2) is 38.1 Å². The SMILES string of the molecule is CCC.CCC(CC)N(C)CCNC. The van der Waals surface area contributed by atoms with E-state index in [4.69, 9.17) is 0 Å². The second-order valence-electron chi connectivity index (χ2n) is 3.76. The molecule has 0 bridgehead atoms. The maximum Gasteiger partial charge on any atom is 0.0107 e. The topological polar surface area (TPSA) is 15.3 Å². The lowest BCUT2D eigenvalue weighted by atomic mass is 10.1. The zero-order valence-corrected chi connectivity index (χ0v) is 11.1. The van der Waals surface area contributed by atoms with Crippen LogP contribution in [0.15, 0.2) is 0 Å². The van der Waals surface area contributed by atoms with Gasteiger partial charge in [0.1, 0.15) is 0 Å². The highest BCUT2D eigenvalue weighted by atomic mass is 15.1. The molecule has 0 aliphatic rings. The van der Waals surface area contributed by atoms with Crippen molar-refractivity contribution in [1.29, 1.82) is 0 Å². The molecular weight excluding hydrogens is 172 g/mol. The second-order valence-corrected chi connectivity index (χ2v) is 3.76. The van der Waals surface area contributed by atoms with Crippen LogP contribution in [0.2, 0.25) is 0 Å². The minimum Gasteiger partial charge on any atom is -0.318 e. The molecule has 2 heteroatoms. The molecule has 0 unspecified atom stereocenters. The lowest BCUT2D eigenvalue weighted by molar-refractivity contribution is 0.231. The Morgan fingerprint density at radius 2 is 1.50 bits per heavy atom. The number of nitrogens with zero attached hydrogens (tertiary/aromatic N) is 1. The molecule has 0 fully saturated rings. The van der Waals surface area contributed by atoms with Crippen LogP contribution in [0.5, 0.6) is 0 Å². The lowest BCUT2D eigenvalue weighted by Crippen LogP contribution is -2.35. The van der Waals surface area contributed by atoms with Gasteiger partial charge in [-0.3, -0.25) is 0 Å². The highest BCUT2D eigenvalue weighted by Crippen LogP contribution is 2.04. The van der Waals surface area contributed by atoms with Crippen molar-refractivity contribution in [2.24, 2.45) is 0 Å². The number of nitrogens with one attached hydrogen (secondary N) is 1. The second kappa shape index (κ2) is 12.9. The van der Waals surface area contributed by atoms with Gasteiger partial charge in [0.05, 0.1) is 0 Å². The molecule has 0 aromatic carbocycles. The molecule has 88 valence electrons. The Hall–Kier alpha value is -0.0800. The molecule has 0 aromatic rings. The van der Waals surface area contributed by atoms with Gasteiger partial charge in [0, 0.05) is 19.1 Å². The first kappa shape index (κ1) is 16.4. The Morgan fingerprint density at radius 1 is 1.07 bits per heavy atom. The molecule has 0 spiro atoms. The van der Waals surface area contributed by atoms with E-state index in [0.29, 0.717) is 0 Å². The molecule has 0 radical (unpaired) electrons. The summed E-state index contributed by atoms with van der Waals surface area (Å²) in [5.74, 6) is 0. The maximum absolute atomic E-state index is 3.16. The molecule has 0 aliphatic heterocycles. The molecule has 0 amide bonds. The quantitative estimate of drug-likeness (QED) is 0.712. The summed E-state index contributed by atoms with van der Waals surface area (Å²) in [6.07, 6.45) is 3.77. The third-order valence-corrected chi connectivity index (χ3v) is 2.28. The van der Waals surface area contributed by atoms with Crippen LogP contribution in [0, 0.1) is 0 Å². The van der Waals surface area contributed by atoms with Gasteiger partial charge in [-0.25, -0.2) is 0 Å². The van der Waals surface area contributed by atoms with Crippen molar-refractivity contribution >= 4 is 0 Å². The predicted molar refractivity (Wildman–Crippen MR) is 66.9 cm³/mol. The van der Waals surface area contributed by atoms with Crippen molar-refractivity contribution in [3.63, 3.8) is 0 Å². The molecule has 0 heterocycles. The average Bonchev–Trinajstić information content (AvgIpc) is 2.18. The third-order valence-electron chi connectivity index (χ3n) is 2.28. The molecule has 0 saturated carbocycles. The van der Waals surface area contributed by atoms with Gasteiger partial charge in [-0.2, -0.15) is 0 Å². The molecule has 0 rings (SSSR count). The van der Waals surface area contributed by atoms with E-state index < -0.39 is 0 Å². The van der Waals surface area contributed by atoms with Crippen molar-refractivity contribution in [2.45, 2.75) is 53.0 Å². The van der Waals surface area contributed by atoms with Crippen LogP contribution < -0.4 is 5.32 Å². The summed E-state index contributed by atoms with van der Waals surface area (Å²) in [6.45, 7) is 11.0. The summed E-state index contributed by atoms with van der Waals surface area (Å²) in [7, 11) is 4.20. The Kier molecular flexibility index (Phi) is 15.1. The summed E-state index contributed by atoms with van der Waals surface area (Å²) in [6, 6.07) is 0.767. The molecule has 0 aromatic heterocycles. The minimum absolute atomic E-state index is 0.767. The van der Waals surface area contributed by atoms with Crippen LogP contribution in [-0.2, 0) is 0 Å². The van der Waals surface area contributed by atoms with Crippen LogP contribution >= 0.6 is 0 Å². The van der Waals surface area contributed by atoms with E-state index in [1.54, 1.807) is 0 Å². The molecule has 0 saturated heterocycles. The molecule has 0 aliphatic carbocycles. The van der Waals surface area contributed by atoms with E-state index in [-0.39, 0.29) is 0 Å². The molecule has 0 atom stereocenters. The van der Waals surface area contributed by atoms with E-state index in [0.717, 1.165) is 19.1 Å². The number of rotatable bonds is 6. The first-order chi connectivity index (χ1) is 6.67. The van der Waals surface area contributed by atoms with Gasteiger partial charge >= 0.3 is 0 Å². The predicted octanol–water partition coefficient (Wildman–Crippen LogP) is 2.74. The van der Waals surface area contributed by atoms with Crippen molar-refractivity contribution in [3.8, 4) is 0 Å². The minimum atomic E-state index is 0.767. The zero-order chi connectivity index (χ0) is 11.4. The highest BCUT2D eigenvalue weighted by Gasteiger charge is 2.08. The number of likely N-dealkylation sites (N-methyl/N-ethyl adjacent to an activating group) is 2. The molecule has 2 nitrogen and oxygen atoms in total. The first-order valence-electron chi connectivity index (χ1n) is 6.02. The van der Waals surface area contributed by atoms with Gasteiger partial charge in [0.2, 0.25) is 0 Å². The Labute approximate surface area is 91.1 Å². The zero-order valence-electron chi connectivity index (χ0n) is 11.1. The fourth-order valence-electron chi connectivity index (χ4n) is 1.38. The van der Waals surface area contributed by atoms with E-state index in [1.807, 2.05) is 7.05 Å². The summed E-state index contributed by atoms with van der Waals surface area (Å²) in [4.78, 5) is 2.43. The van der Waals surface area contributed by atoms with Gasteiger partial charge in [-0.05, 0) is 26.9 Å². The van der Waals surface area contributed by atoms with E-state index in [9.17, 15) is 0 Å². The first-order valence-corrected chi connectivity index (χ1v) is 6.02. The summed E-state index contributed by atoms with van der Waals surface area (Å²) in [5, 5.41) is 3.16. The fourth-order valence-corrected chi connectivity index (χ4v) is 1.38. The molecule has 14 heavy (non-hydrogen) atoms. The largest absolute Gasteiger partial charge is 0.318 e. The normalized spacial score (nSPS) is 10.3. The fraction of sp³-hybridized carbons (Fsp3) is 1.00. The molecule has 1 N–H and O–H groups in total. The van der Waals surface area contributed by atoms with Gasteiger partial charge < -0.3 is 10.2 Å². The van der Waals surface area contributed by atoms with Crippen LogP contribution in [0.4, 0.5) is 0 Å². The lowest BCUT2D eigenvalue weighted by Gasteiger charge is -2.25. The van der Waals surface area contributed by atoms with Crippen LogP contribution in [0.1, 0.15) is 47.0 Å². The maximum atomic E-state index is 3.16. The summed E-state index contributed by atoms with van der Waals surface area (Å²) < 4.78 is 0. The van der Waals surface area contributed by atoms with Crippen molar-refractivity contribution < 1.29 is 0 Å². The van der Waals surface area contributed by atoms with Crippen molar-refractivity contribution in [2.75, 3.05) is 27.2 Å². The third kappa shape index (κ3) is 10.0. The molecular formula is C12H30N2. The van der Waals surface area contributed by atoms with Crippen LogP contribution in [0.25, 0.3) is 0 Å². The summed E-state index contributed by atoms with van der Waals surface area (Å²) in [5.41, 5.74) is 0. The van der Waals surface area contributed by atoms with Crippen molar-refractivity contribution in [1.82, 2.24) is 10.2 Å². The van der Waals surface area contributed by atoms with Crippen molar-refractivity contribution in [3.05, 3.63) is 0 Å². The highest BCUT2D eigenvalue weighted by molar-refractivity contribution is 4.65. The van der Waals surface area contributed by atoms with Gasteiger partial charge in [0.25, 0.3) is 0 Å². The van der Waals surface area contributed by atoms with Gasteiger partial charge in [-0.15, -0.1) is 0 Å². The monoisotopic (exact) mass is 202 g/mol. The van der Waals surface area contributed by atoms with Crippen LogP contribution in [0.3, 0.4) is 0 Å². The van der Waals surface area contributed by atoms with Gasteiger partial charge in [-0.1, -0.05) is 34.1 Å². The summed E-state index contributed by atoms with van der Waals surface area (Å²) >= 11 is 0. The van der Waals surface area contributed by atoms with Gasteiger partial charge in [0.15, 0.2) is 0 Å². The smallest absolute Gasteiger partial charge is 0.0107 e. The van der Waals surface area contributed by atoms with E-state index in [2.05, 4.69) is 45.0 Å². The Morgan fingerprint density at radius 3 is 1.79 bits per heavy atom. The standard InChI is InChI=1S/C9H22N2.C3H8/c1-5-9(6-2)11(4)8-7-10-3;1-3-2/h9-10H,5-8H2,1-4H3;3H2,1-2H3. The van der Waals surface area contributed by atoms with E-state index in [1.165, 1.54) is 19.3 Å². The van der Waals surface area contributed by atoms with E-state index >= 15 is 0 Å². The Bertz CT molecular complexity index is 90.3. The number of hydrogen-bond acceptors (Lipinski definition) is 2.